The van der Waals surface area contributed by atoms with Gasteiger partial charge in [0.2, 0.25) is 0 Å². The largest absolute Gasteiger partial charge is 0.472 e. The van der Waals surface area contributed by atoms with E-state index in [0.29, 0.717) is 0 Å². The standard InChI is InChI=1S/C10H9O/c1-2-8-3-4-9-5-6-11-7-10(8)9/h3-7H,1-2H2. The first-order chi connectivity index (χ1) is 5.42. The summed E-state index contributed by atoms with van der Waals surface area (Å²) in [7, 11) is 0. The van der Waals surface area contributed by atoms with Gasteiger partial charge in [0.05, 0.1) is 12.5 Å². The van der Waals surface area contributed by atoms with Crippen molar-refractivity contribution < 1.29 is 4.42 Å². The quantitative estimate of drug-likeness (QED) is 0.601. The summed E-state index contributed by atoms with van der Waals surface area (Å²) in [4.78, 5) is 0. The van der Waals surface area contributed by atoms with E-state index in [0.717, 1.165) is 6.42 Å². The highest BCUT2D eigenvalue weighted by Crippen LogP contribution is 2.27. The normalized spacial score (nSPS) is 10.6. The molecule has 0 saturated carbocycles. The van der Waals surface area contributed by atoms with Crippen molar-refractivity contribution in [2.75, 3.05) is 0 Å². The Bertz CT molecular complexity index is 322. The second-order valence-corrected chi connectivity index (χ2v) is 2.53. The molecule has 1 heteroatoms. The summed E-state index contributed by atoms with van der Waals surface area (Å²) in [6.45, 7) is 3.84. The van der Waals surface area contributed by atoms with Crippen molar-refractivity contribution in [3.8, 4) is 11.1 Å². The summed E-state index contributed by atoms with van der Waals surface area (Å²) < 4.78 is 5.06. The Kier molecular flexibility index (Phi) is 1.42. The first kappa shape index (κ1) is 6.47. The van der Waals surface area contributed by atoms with Gasteiger partial charge >= 0.3 is 0 Å². The molecule has 0 aromatic rings. The van der Waals surface area contributed by atoms with Crippen LogP contribution in [0.3, 0.4) is 0 Å². The minimum atomic E-state index is 0.822. The monoisotopic (exact) mass is 145 g/mol. The number of hydrogen-bond acceptors (Lipinski definition) is 1. The Labute approximate surface area is 66.0 Å². The molecule has 0 spiro atoms. The molecule has 0 saturated heterocycles. The number of rotatable bonds is 1. The molecule has 0 atom stereocenters. The second-order valence-electron chi connectivity index (χ2n) is 2.53. The minimum absolute atomic E-state index is 0.822. The van der Waals surface area contributed by atoms with Crippen LogP contribution < -0.4 is 0 Å². The van der Waals surface area contributed by atoms with Crippen molar-refractivity contribution in [3.63, 3.8) is 0 Å². The van der Waals surface area contributed by atoms with Gasteiger partial charge in [0.15, 0.2) is 0 Å². The van der Waals surface area contributed by atoms with Crippen molar-refractivity contribution in [3.05, 3.63) is 43.2 Å². The van der Waals surface area contributed by atoms with Crippen LogP contribution >= 0.6 is 0 Å². The van der Waals surface area contributed by atoms with E-state index in [1.54, 1.807) is 12.5 Å². The average Bonchev–Trinajstić information content (AvgIpc) is 2.47. The number of hydrogen-bond donors (Lipinski definition) is 0. The van der Waals surface area contributed by atoms with E-state index < -0.39 is 0 Å². The molecule has 2 rings (SSSR count). The Balaban J connectivity index is 2.64. The molecular weight excluding hydrogens is 136 g/mol. The molecule has 55 valence electrons. The first-order valence-electron chi connectivity index (χ1n) is 3.65. The molecule has 0 unspecified atom stereocenters. The van der Waals surface area contributed by atoms with Gasteiger partial charge in [-0.25, -0.2) is 0 Å². The summed E-state index contributed by atoms with van der Waals surface area (Å²) in [5.74, 6) is 0. The highest BCUT2D eigenvalue weighted by atomic mass is 16.3. The summed E-state index contributed by atoms with van der Waals surface area (Å²) >= 11 is 0. The third kappa shape index (κ3) is 0.929. The van der Waals surface area contributed by atoms with Gasteiger partial charge < -0.3 is 4.42 Å². The van der Waals surface area contributed by atoms with E-state index in [9.17, 15) is 0 Å². The Morgan fingerprint density at radius 2 is 2.18 bits per heavy atom. The van der Waals surface area contributed by atoms with Crippen LogP contribution in [0.5, 0.6) is 0 Å². The van der Waals surface area contributed by atoms with Crippen molar-refractivity contribution in [2.24, 2.45) is 0 Å². The van der Waals surface area contributed by atoms with Crippen LogP contribution in [-0.4, -0.2) is 0 Å². The molecule has 0 bridgehead atoms. The maximum Gasteiger partial charge on any atom is 0.0982 e. The van der Waals surface area contributed by atoms with Crippen molar-refractivity contribution in [1.29, 1.82) is 0 Å². The van der Waals surface area contributed by atoms with Crippen LogP contribution in [0.4, 0.5) is 0 Å². The lowest BCUT2D eigenvalue weighted by Gasteiger charge is -1.98. The molecule has 11 heavy (non-hydrogen) atoms. The van der Waals surface area contributed by atoms with Gasteiger partial charge in [0.1, 0.15) is 0 Å². The van der Waals surface area contributed by atoms with Gasteiger partial charge in [-0.1, -0.05) is 12.1 Å². The van der Waals surface area contributed by atoms with Crippen LogP contribution in [0.15, 0.2) is 35.1 Å². The molecule has 0 N–H and O–H groups in total. The smallest absolute Gasteiger partial charge is 0.0982 e. The molecular formula is C10H9O. The van der Waals surface area contributed by atoms with Crippen LogP contribution in [-0.2, 0) is 6.42 Å². The Morgan fingerprint density at radius 1 is 1.27 bits per heavy atom. The topological polar surface area (TPSA) is 13.1 Å². The van der Waals surface area contributed by atoms with E-state index in [1.165, 1.54) is 16.7 Å². The van der Waals surface area contributed by atoms with E-state index in [-0.39, 0.29) is 0 Å². The van der Waals surface area contributed by atoms with Gasteiger partial charge in [-0.05, 0) is 30.5 Å². The van der Waals surface area contributed by atoms with Gasteiger partial charge in [0, 0.05) is 5.56 Å². The van der Waals surface area contributed by atoms with Crippen LogP contribution in [0.25, 0.3) is 11.1 Å². The lowest BCUT2D eigenvalue weighted by Crippen LogP contribution is -1.78. The third-order valence-electron chi connectivity index (χ3n) is 1.90. The highest BCUT2D eigenvalue weighted by Gasteiger charge is 2.06. The highest BCUT2D eigenvalue weighted by molar-refractivity contribution is 5.69. The van der Waals surface area contributed by atoms with Gasteiger partial charge in [-0.2, -0.15) is 0 Å². The maximum atomic E-state index is 5.06. The summed E-state index contributed by atoms with van der Waals surface area (Å²) in [6, 6.07) is 6.15. The molecule has 2 aliphatic rings. The predicted molar refractivity (Wildman–Crippen MR) is 44.4 cm³/mol. The molecule has 0 amide bonds. The Morgan fingerprint density at radius 3 is 3.00 bits per heavy atom. The minimum Gasteiger partial charge on any atom is -0.472 e. The first-order valence-corrected chi connectivity index (χ1v) is 3.65. The summed E-state index contributed by atoms with van der Waals surface area (Å²) in [6.07, 6.45) is 4.29. The van der Waals surface area contributed by atoms with Crippen LogP contribution in [0.2, 0.25) is 0 Å². The van der Waals surface area contributed by atoms with E-state index in [2.05, 4.69) is 19.1 Å². The van der Waals surface area contributed by atoms with Gasteiger partial charge in [0.25, 0.3) is 0 Å². The molecule has 1 nitrogen and oxygen atoms in total. The molecule has 1 radical (unpaired) electrons. The van der Waals surface area contributed by atoms with Crippen molar-refractivity contribution >= 4 is 0 Å². The molecule has 1 aliphatic carbocycles. The van der Waals surface area contributed by atoms with Crippen molar-refractivity contribution in [2.45, 2.75) is 6.42 Å². The van der Waals surface area contributed by atoms with E-state index in [1.807, 2.05) is 6.07 Å². The average molecular weight is 145 g/mol. The third-order valence-corrected chi connectivity index (χ3v) is 1.90. The molecule has 1 aliphatic heterocycles. The fourth-order valence-corrected chi connectivity index (χ4v) is 1.28. The zero-order chi connectivity index (χ0) is 7.68. The van der Waals surface area contributed by atoms with Gasteiger partial charge in [-0.15, -0.1) is 0 Å². The number of fused-ring (bicyclic) bond motifs is 1. The zero-order valence-corrected chi connectivity index (χ0v) is 6.21. The zero-order valence-electron chi connectivity index (χ0n) is 6.21. The SMILES string of the molecule is [CH2]Cc1ccc2ccocc1-2. The Hall–Kier alpha value is -1.24. The summed E-state index contributed by atoms with van der Waals surface area (Å²) in [5.41, 5.74) is 3.67. The molecule has 0 aromatic heterocycles. The van der Waals surface area contributed by atoms with Crippen LogP contribution in [0.1, 0.15) is 5.56 Å². The van der Waals surface area contributed by atoms with E-state index in [4.69, 9.17) is 4.42 Å². The fraction of sp³-hybridized carbons (Fsp3) is 0.100. The summed E-state index contributed by atoms with van der Waals surface area (Å²) in [5, 5.41) is 0. The van der Waals surface area contributed by atoms with Gasteiger partial charge in [-0.3, -0.25) is 0 Å². The lowest BCUT2D eigenvalue weighted by molar-refractivity contribution is 0.551. The van der Waals surface area contributed by atoms with Crippen LogP contribution in [0, 0.1) is 6.92 Å². The predicted octanol–water partition coefficient (Wildman–Crippen LogP) is 2.76. The second kappa shape index (κ2) is 2.42. The fourth-order valence-electron chi connectivity index (χ4n) is 1.28. The molecule has 0 fully saturated rings. The van der Waals surface area contributed by atoms with E-state index >= 15 is 0 Å². The maximum absolute atomic E-state index is 5.06. The molecule has 0 aromatic carbocycles. The molecule has 1 heterocycles. The van der Waals surface area contributed by atoms with Crippen molar-refractivity contribution in [1.82, 2.24) is 0 Å². The lowest BCUT2D eigenvalue weighted by atomic mass is 10.1.